The van der Waals surface area contributed by atoms with Crippen LogP contribution in [0.25, 0.3) is 11.4 Å². The second-order valence-electron chi connectivity index (χ2n) is 5.35. The predicted molar refractivity (Wildman–Crippen MR) is 115 cm³/mol. The quantitative estimate of drug-likeness (QED) is 0.386. The molecule has 8 heteroatoms. The lowest BCUT2D eigenvalue weighted by Gasteiger charge is -2.09. The molecule has 3 rings (SSSR count). The molecule has 1 heterocycles. The molecule has 26 heavy (non-hydrogen) atoms. The Kier molecular flexibility index (Phi) is 6.55. The molecule has 0 unspecified atom stereocenters. The number of amides is 1. The van der Waals surface area contributed by atoms with E-state index in [1.54, 1.807) is 0 Å². The standard InChI is InChI=1S/C18H16ClIN4OS/c1-2-24-17(12-7-3-4-8-13(12)19)22-23-18(24)26-11-16(25)21-15-10-6-5-9-14(15)20/h3-10H,2,11H2,1H3,(H,21,25). The van der Waals surface area contributed by atoms with Crippen LogP contribution in [0.5, 0.6) is 0 Å². The van der Waals surface area contributed by atoms with E-state index in [4.69, 9.17) is 11.6 Å². The van der Waals surface area contributed by atoms with Gasteiger partial charge in [0.25, 0.3) is 0 Å². The van der Waals surface area contributed by atoms with Gasteiger partial charge in [0.05, 0.1) is 16.5 Å². The van der Waals surface area contributed by atoms with E-state index in [-0.39, 0.29) is 11.7 Å². The zero-order valence-corrected chi connectivity index (χ0v) is 17.7. The molecular formula is C18H16ClIN4OS. The second-order valence-corrected chi connectivity index (χ2v) is 7.86. The highest BCUT2D eigenvalue weighted by Crippen LogP contribution is 2.29. The molecule has 0 fully saturated rings. The molecule has 5 nitrogen and oxygen atoms in total. The van der Waals surface area contributed by atoms with Crippen molar-refractivity contribution in [3.63, 3.8) is 0 Å². The fraction of sp³-hybridized carbons (Fsp3) is 0.167. The van der Waals surface area contributed by atoms with Gasteiger partial charge in [-0.1, -0.05) is 47.6 Å². The molecule has 0 saturated heterocycles. The summed E-state index contributed by atoms with van der Waals surface area (Å²) in [6.07, 6.45) is 0. The van der Waals surface area contributed by atoms with Crippen LogP contribution in [0.1, 0.15) is 6.92 Å². The Morgan fingerprint density at radius 2 is 1.92 bits per heavy atom. The van der Waals surface area contributed by atoms with Gasteiger partial charge in [0.15, 0.2) is 11.0 Å². The zero-order chi connectivity index (χ0) is 18.5. The first kappa shape index (κ1) is 19.2. The molecule has 1 aromatic heterocycles. The van der Waals surface area contributed by atoms with Crippen molar-refractivity contribution in [3.05, 3.63) is 57.1 Å². The van der Waals surface area contributed by atoms with Gasteiger partial charge in [0.2, 0.25) is 5.91 Å². The molecular weight excluding hydrogens is 483 g/mol. The smallest absolute Gasteiger partial charge is 0.234 e. The molecule has 1 N–H and O–H groups in total. The van der Waals surface area contributed by atoms with Crippen LogP contribution in [0, 0.1) is 3.57 Å². The van der Waals surface area contributed by atoms with Crippen LogP contribution in [0.2, 0.25) is 5.02 Å². The van der Waals surface area contributed by atoms with Crippen LogP contribution >= 0.6 is 46.0 Å². The van der Waals surface area contributed by atoms with Gasteiger partial charge in [0, 0.05) is 15.7 Å². The Hall–Kier alpha value is -1.58. The van der Waals surface area contributed by atoms with E-state index in [9.17, 15) is 4.79 Å². The number of benzene rings is 2. The molecule has 134 valence electrons. The van der Waals surface area contributed by atoms with Crippen molar-refractivity contribution in [1.82, 2.24) is 14.8 Å². The fourth-order valence-electron chi connectivity index (χ4n) is 2.40. The number of hydrogen-bond acceptors (Lipinski definition) is 4. The minimum absolute atomic E-state index is 0.0796. The number of anilines is 1. The topological polar surface area (TPSA) is 59.8 Å². The van der Waals surface area contributed by atoms with Gasteiger partial charge < -0.3 is 9.88 Å². The lowest BCUT2D eigenvalue weighted by molar-refractivity contribution is -0.113. The summed E-state index contributed by atoms with van der Waals surface area (Å²) in [5.41, 5.74) is 1.64. The number of para-hydroxylation sites is 1. The summed E-state index contributed by atoms with van der Waals surface area (Å²) in [4.78, 5) is 12.3. The van der Waals surface area contributed by atoms with Gasteiger partial charge >= 0.3 is 0 Å². The Morgan fingerprint density at radius 1 is 1.19 bits per heavy atom. The van der Waals surface area contributed by atoms with Gasteiger partial charge in [-0.15, -0.1) is 10.2 Å². The van der Waals surface area contributed by atoms with Gasteiger partial charge in [-0.3, -0.25) is 4.79 Å². The average molecular weight is 499 g/mol. The third-order valence-corrected chi connectivity index (χ3v) is 5.87. The summed E-state index contributed by atoms with van der Waals surface area (Å²) >= 11 is 9.83. The molecule has 3 aromatic rings. The van der Waals surface area contributed by atoms with E-state index in [1.165, 1.54) is 11.8 Å². The van der Waals surface area contributed by atoms with Crippen LogP contribution < -0.4 is 5.32 Å². The Balaban J connectivity index is 1.72. The summed E-state index contributed by atoms with van der Waals surface area (Å²) in [5, 5.41) is 12.7. The number of halogens is 2. The third-order valence-electron chi connectivity index (χ3n) is 3.63. The van der Waals surface area contributed by atoms with Crippen molar-refractivity contribution in [2.75, 3.05) is 11.1 Å². The van der Waals surface area contributed by atoms with E-state index in [1.807, 2.05) is 60.0 Å². The highest BCUT2D eigenvalue weighted by atomic mass is 127. The van der Waals surface area contributed by atoms with Crippen LogP contribution in [-0.4, -0.2) is 26.4 Å². The largest absolute Gasteiger partial charge is 0.324 e. The van der Waals surface area contributed by atoms with Crippen molar-refractivity contribution < 1.29 is 4.79 Å². The Morgan fingerprint density at radius 3 is 2.65 bits per heavy atom. The molecule has 0 radical (unpaired) electrons. The highest BCUT2D eigenvalue weighted by molar-refractivity contribution is 14.1. The molecule has 1 amide bonds. The lowest BCUT2D eigenvalue weighted by atomic mass is 10.2. The summed E-state index contributed by atoms with van der Waals surface area (Å²) in [6, 6.07) is 15.2. The number of aromatic nitrogens is 3. The number of carbonyl (C=O) groups excluding carboxylic acids is 1. The van der Waals surface area contributed by atoms with Crippen LogP contribution in [0.3, 0.4) is 0 Å². The van der Waals surface area contributed by atoms with E-state index < -0.39 is 0 Å². The number of nitrogens with zero attached hydrogens (tertiary/aromatic N) is 3. The number of rotatable bonds is 6. The van der Waals surface area contributed by atoms with E-state index >= 15 is 0 Å². The number of nitrogens with one attached hydrogen (secondary N) is 1. The van der Waals surface area contributed by atoms with Crippen molar-refractivity contribution in [3.8, 4) is 11.4 Å². The second kappa shape index (κ2) is 8.88. The van der Waals surface area contributed by atoms with Crippen LogP contribution in [0.4, 0.5) is 5.69 Å². The number of carbonyl (C=O) groups is 1. The molecule has 2 aromatic carbocycles. The average Bonchev–Trinajstić information content (AvgIpc) is 3.05. The fourth-order valence-corrected chi connectivity index (χ4v) is 3.95. The molecule has 0 spiro atoms. The Labute approximate surface area is 174 Å². The SMILES string of the molecule is CCn1c(SCC(=O)Nc2ccccc2I)nnc1-c1ccccc1Cl. The van der Waals surface area contributed by atoms with Crippen molar-refractivity contribution >= 4 is 57.5 Å². The maximum Gasteiger partial charge on any atom is 0.234 e. The highest BCUT2D eigenvalue weighted by Gasteiger charge is 2.16. The summed E-state index contributed by atoms with van der Waals surface area (Å²) in [6.45, 7) is 2.70. The minimum atomic E-state index is -0.0796. The van der Waals surface area contributed by atoms with Crippen LogP contribution in [-0.2, 0) is 11.3 Å². The molecule has 0 aliphatic heterocycles. The lowest BCUT2D eigenvalue weighted by Crippen LogP contribution is -2.15. The Bertz CT molecular complexity index is 931. The zero-order valence-electron chi connectivity index (χ0n) is 13.9. The molecule has 0 saturated carbocycles. The summed E-state index contributed by atoms with van der Waals surface area (Å²) < 4.78 is 2.96. The van der Waals surface area contributed by atoms with Gasteiger partial charge in [-0.2, -0.15) is 0 Å². The first-order chi connectivity index (χ1) is 12.6. The minimum Gasteiger partial charge on any atom is -0.324 e. The van der Waals surface area contributed by atoms with E-state index in [0.717, 1.165) is 14.8 Å². The molecule has 0 aliphatic rings. The predicted octanol–water partition coefficient (Wildman–Crippen LogP) is 4.95. The van der Waals surface area contributed by atoms with Crippen molar-refractivity contribution in [2.24, 2.45) is 0 Å². The molecule has 0 atom stereocenters. The van der Waals surface area contributed by atoms with Gasteiger partial charge in [0.1, 0.15) is 0 Å². The monoisotopic (exact) mass is 498 g/mol. The third kappa shape index (κ3) is 4.39. The van der Waals surface area contributed by atoms with Crippen molar-refractivity contribution in [1.29, 1.82) is 0 Å². The summed E-state index contributed by atoms with van der Waals surface area (Å²) in [5.74, 6) is 0.883. The number of hydrogen-bond donors (Lipinski definition) is 1. The van der Waals surface area contributed by atoms with Crippen molar-refractivity contribution in [2.45, 2.75) is 18.6 Å². The summed E-state index contributed by atoms with van der Waals surface area (Å²) in [7, 11) is 0. The van der Waals surface area contributed by atoms with E-state index in [2.05, 4.69) is 38.1 Å². The van der Waals surface area contributed by atoms with Gasteiger partial charge in [-0.05, 0) is 53.8 Å². The molecule has 0 aliphatic carbocycles. The van der Waals surface area contributed by atoms with E-state index in [0.29, 0.717) is 22.5 Å². The van der Waals surface area contributed by atoms with Crippen LogP contribution in [0.15, 0.2) is 53.7 Å². The van der Waals surface area contributed by atoms with Gasteiger partial charge in [-0.25, -0.2) is 0 Å². The number of thioether (sulfide) groups is 1. The molecule has 0 bridgehead atoms. The first-order valence-electron chi connectivity index (χ1n) is 7.95. The maximum atomic E-state index is 12.3. The first-order valence-corrected chi connectivity index (χ1v) is 10.4. The normalized spacial score (nSPS) is 10.7. The maximum absolute atomic E-state index is 12.3.